The van der Waals surface area contributed by atoms with Gasteiger partial charge in [-0.2, -0.15) is 0 Å². The highest BCUT2D eigenvalue weighted by molar-refractivity contribution is 5.57. The summed E-state index contributed by atoms with van der Waals surface area (Å²) < 4.78 is 7.53. The Balaban J connectivity index is 1.67. The first-order valence-electron chi connectivity index (χ1n) is 10.0. The molecule has 0 aliphatic carbocycles. The Hall–Kier alpha value is -3.94. The van der Waals surface area contributed by atoms with Gasteiger partial charge in [0, 0.05) is 48.5 Å². The summed E-state index contributed by atoms with van der Waals surface area (Å²) in [4.78, 5) is 28.2. The maximum atomic E-state index is 11.9. The first-order chi connectivity index (χ1) is 15.1. The van der Waals surface area contributed by atoms with E-state index in [4.69, 9.17) is 4.74 Å². The summed E-state index contributed by atoms with van der Waals surface area (Å²) in [6.07, 6.45) is 6.05. The van der Waals surface area contributed by atoms with Crippen LogP contribution in [0.4, 0.5) is 5.82 Å². The number of hydrogen-bond acceptors (Lipinski definition) is 6. The van der Waals surface area contributed by atoms with Crippen molar-refractivity contribution < 1.29 is 4.74 Å². The fraction of sp³-hybridized carbons (Fsp3) is 0.217. The van der Waals surface area contributed by atoms with Crippen LogP contribution < -0.4 is 15.6 Å². The second-order valence-electron chi connectivity index (χ2n) is 7.09. The monoisotopic (exact) mass is 416 g/mol. The van der Waals surface area contributed by atoms with E-state index in [2.05, 4.69) is 25.3 Å². The summed E-state index contributed by atoms with van der Waals surface area (Å²) in [5.74, 6) is 2.76. The van der Waals surface area contributed by atoms with E-state index < -0.39 is 0 Å². The number of pyridine rings is 1. The van der Waals surface area contributed by atoms with Crippen LogP contribution in [0.5, 0.6) is 5.75 Å². The molecule has 0 amide bonds. The van der Waals surface area contributed by atoms with Crippen LogP contribution >= 0.6 is 0 Å². The molecule has 0 aliphatic rings. The number of methoxy groups -OCH3 is 1. The molecular weight excluding hydrogens is 392 g/mol. The SMILES string of the molecule is CCc1cc(=O)[nH]c(-c2ccc(NC(c3ccccc3OC)c3nccn3C)nc2)n1. The molecule has 4 aromatic rings. The predicted molar refractivity (Wildman–Crippen MR) is 119 cm³/mol. The number of H-pyrrole nitrogens is 1. The number of aryl methyl sites for hydroxylation is 2. The van der Waals surface area contributed by atoms with Gasteiger partial charge in [0.2, 0.25) is 0 Å². The van der Waals surface area contributed by atoms with Gasteiger partial charge in [-0.3, -0.25) is 4.79 Å². The highest BCUT2D eigenvalue weighted by Gasteiger charge is 2.22. The molecule has 0 bridgehead atoms. The van der Waals surface area contributed by atoms with Gasteiger partial charge in [0.05, 0.1) is 7.11 Å². The van der Waals surface area contributed by atoms with Gasteiger partial charge in [-0.05, 0) is 24.6 Å². The Bertz CT molecular complexity index is 1230. The number of rotatable bonds is 7. The summed E-state index contributed by atoms with van der Waals surface area (Å²) in [5, 5.41) is 3.46. The van der Waals surface area contributed by atoms with Crippen molar-refractivity contribution in [2.75, 3.05) is 12.4 Å². The zero-order valence-electron chi connectivity index (χ0n) is 17.7. The number of hydrogen-bond donors (Lipinski definition) is 2. The van der Waals surface area contributed by atoms with Crippen molar-refractivity contribution in [2.24, 2.45) is 7.05 Å². The molecule has 1 aromatic carbocycles. The highest BCUT2D eigenvalue weighted by Crippen LogP contribution is 2.31. The number of imidazole rings is 1. The van der Waals surface area contributed by atoms with E-state index in [1.165, 1.54) is 6.07 Å². The first-order valence-corrected chi connectivity index (χ1v) is 10.0. The Morgan fingerprint density at radius 1 is 1.19 bits per heavy atom. The zero-order chi connectivity index (χ0) is 21.8. The fourth-order valence-electron chi connectivity index (χ4n) is 3.43. The van der Waals surface area contributed by atoms with Crippen molar-refractivity contribution in [1.29, 1.82) is 0 Å². The smallest absolute Gasteiger partial charge is 0.251 e. The van der Waals surface area contributed by atoms with Gasteiger partial charge in [-0.1, -0.05) is 25.1 Å². The van der Waals surface area contributed by atoms with Crippen LogP contribution in [0.25, 0.3) is 11.4 Å². The first kappa shape index (κ1) is 20.3. The third-order valence-corrected chi connectivity index (χ3v) is 5.05. The van der Waals surface area contributed by atoms with Gasteiger partial charge in [-0.25, -0.2) is 15.0 Å². The van der Waals surface area contributed by atoms with Crippen LogP contribution in [0.3, 0.4) is 0 Å². The predicted octanol–water partition coefficient (Wildman–Crippen LogP) is 3.34. The summed E-state index contributed by atoms with van der Waals surface area (Å²) in [6, 6.07) is 12.8. The third-order valence-electron chi connectivity index (χ3n) is 5.05. The molecule has 0 spiro atoms. The molecule has 1 unspecified atom stereocenters. The van der Waals surface area contributed by atoms with E-state index in [9.17, 15) is 4.79 Å². The van der Waals surface area contributed by atoms with Crippen molar-refractivity contribution in [3.05, 3.63) is 88.5 Å². The molecule has 3 heterocycles. The van der Waals surface area contributed by atoms with Crippen molar-refractivity contribution in [3.8, 4) is 17.1 Å². The number of nitrogens with one attached hydrogen (secondary N) is 2. The van der Waals surface area contributed by atoms with Gasteiger partial charge >= 0.3 is 0 Å². The molecule has 0 saturated heterocycles. The van der Waals surface area contributed by atoms with Gasteiger partial charge < -0.3 is 19.6 Å². The Kier molecular flexibility index (Phi) is 5.79. The molecule has 1 atom stereocenters. The average Bonchev–Trinajstić information content (AvgIpc) is 3.23. The summed E-state index contributed by atoms with van der Waals surface area (Å²) in [5.41, 5.74) is 2.26. The van der Waals surface area contributed by atoms with Crippen LogP contribution in [0.2, 0.25) is 0 Å². The van der Waals surface area contributed by atoms with E-state index in [1.807, 2.05) is 61.1 Å². The van der Waals surface area contributed by atoms with Crippen LogP contribution in [0.15, 0.2) is 65.8 Å². The minimum absolute atomic E-state index is 0.171. The minimum atomic E-state index is -0.268. The summed E-state index contributed by atoms with van der Waals surface area (Å²) in [7, 11) is 3.60. The minimum Gasteiger partial charge on any atom is -0.496 e. The maximum absolute atomic E-state index is 11.9. The second-order valence-corrected chi connectivity index (χ2v) is 7.09. The van der Waals surface area contributed by atoms with E-state index >= 15 is 0 Å². The molecule has 0 fully saturated rings. The molecule has 3 aromatic heterocycles. The number of aromatic nitrogens is 5. The van der Waals surface area contributed by atoms with Crippen molar-refractivity contribution in [1.82, 2.24) is 24.5 Å². The zero-order valence-corrected chi connectivity index (χ0v) is 17.7. The van der Waals surface area contributed by atoms with Gasteiger partial charge in [-0.15, -0.1) is 0 Å². The lowest BCUT2D eigenvalue weighted by Gasteiger charge is -2.21. The van der Waals surface area contributed by atoms with Crippen LogP contribution in [-0.4, -0.2) is 31.6 Å². The lowest BCUT2D eigenvalue weighted by atomic mass is 10.0. The molecule has 0 radical (unpaired) electrons. The van der Waals surface area contributed by atoms with Crippen LogP contribution in [0, 0.1) is 0 Å². The molecular formula is C23H24N6O2. The topological polar surface area (TPSA) is 97.7 Å². The normalized spacial score (nSPS) is 11.8. The van der Waals surface area contributed by atoms with E-state index in [1.54, 1.807) is 19.5 Å². The van der Waals surface area contributed by atoms with E-state index in [0.717, 1.165) is 28.4 Å². The summed E-state index contributed by atoms with van der Waals surface area (Å²) in [6.45, 7) is 1.96. The molecule has 0 aliphatic heterocycles. The molecule has 31 heavy (non-hydrogen) atoms. The quantitative estimate of drug-likeness (QED) is 0.480. The van der Waals surface area contributed by atoms with E-state index in [0.29, 0.717) is 18.1 Å². The number of anilines is 1. The van der Waals surface area contributed by atoms with Crippen molar-refractivity contribution in [2.45, 2.75) is 19.4 Å². The van der Waals surface area contributed by atoms with Gasteiger partial charge in [0.15, 0.2) is 0 Å². The lowest BCUT2D eigenvalue weighted by Crippen LogP contribution is -2.18. The standard InChI is InChI=1S/C23H24N6O2/c1-4-16-13-20(30)28-22(26-16)15-9-10-19(25-14-15)27-21(23-24-11-12-29(23)2)17-7-5-6-8-18(17)31-3/h5-14,21H,4H2,1-3H3,(H,25,27)(H,26,28,30). The molecule has 4 rings (SSSR count). The molecule has 158 valence electrons. The molecule has 0 saturated carbocycles. The van der Waals surface area contributed by atoms with Gasteiger partial charge in [0.25, 0.3) is 5.56 Å². The lowest BCUT2D eigenvalue weighted by molar-refractivity contribution is 0.408. The van der Waals surface area contributed by atoms with Gasteiger partial charge in [0.1, 0.15) is 29.3 Å². The number of benzene rings is 1. The molecule has 2 N–H and O–H groups in total. The molecule has 8 heteroatoms. The second kappa shape index (κ2) is 8.83. The fourth-order valence-corrected chi connectivity index (χ4v) is 3.43. The number of aromatic amines is 1. The van der Waals surface area contributed by atoms with E-state index in [-0.39, 0.29) is 11.6 Å². The number of para-hydroxylation sites is 1. The van der Waals surface area contributed by atoms with Crippen molar-refractivity contribution >= 4 is 5.82 Å². The Morgan fingerprint density at radius 2 is 2.03 bits per heavy atom. The summed E-state index contributed by atoms with van der Waals surface area (Å²) >= 11 is 0. The number of nitrogens with zero attached hydrogens (tertiary/aromatic N) is 4. The maximum Gasteiger partial charge on any atom is 0.251 e. The van der Waals surface area contributed by atoms with Crippen LogP contribution in [0.1, 0.15) is 30.0 Å². The average molecular weight is 416 g/mol. The Labute approximate surface area is 180 Å². The van der Waals surface area contributed by atoms with Crippen LogP contribution in [-0.2, 0) is 13.5 Å². The van der Waals surface area contributed by atoms with Crippen molar-refractivity contribution in [3.63, 3.8) is 0 Å². The number of ether oxygens (including phenoxy) is 1. The molecule has 8 nitrogen and oxygen atoms in total. The largest absolute Gasteiger partial charge is 0.496 e. The third kappa shape index (κ3) is 4.32. The highest BCUT2D eigenvalue weighted by atomic mass is 16.5. The Morgan fingerprint density at radius 3 is 2.71 bits per heavy atom.